The number of aromatic nitrogens is 4. The SMILES string of the molecule is CC(=O)OCC(C)n1ncnc1-c1nc2c(s1)CCOc1cc(Br)ccc1-2. The van der Waals surface area contributed by atoms with Crippen molar-refractivity contribution < 1.29 is 14.3 Å². The molecule has 0 radical (unpaired) electrons. The van der Waals surface area contributed by atoms with Crippen molar-refractivity contribution in [2.75, 3.05) is 13.2 Å². The Morgan fingerprint density at radius 2 is 2.33 bits per heavy atom. The summed E-state index contributed by atoms with van der Waals surface area (Å²) in [6.45, 7) is 4.17. The van der Waals surface area contributed by atoms with Crippen LogP contribution in [0.15, 0.2) is 29.0 Å². The highest BCUT2D eigenvalue weighted by molar-refractivity contribution is 9.10. The van der Waals surface area contributed by atoms with Gasteiger partial charge in [0.1, 0.15) is 18.7 Å². The summed E-state index contributed by atoms with van der Waals surface area (Å²) in [5.41, 5.74) is 1.91. The van der Waals surface area contributed by atoms with Crippen LogP contribution in [-0.2, 0) is 16.0 Å². The molecule has 0 saturated heterocycles. The molecule has 3 aromatic rings. The fourth-order valence-corrected chi connectivity index (χ4v) is 4.31. The predicted molar refractivity (Wildman–Crippen MR) is 105 cm³/mol. The van der Waals surface area contributed by atoms with Crippen LogP contribution >= 0.6 is 27.3 Å². The average molecular weight is 449 g/mol. The van der Waals surface area contributed by atoms with Crippen molar-refractivity contribution in [2.45, 2.75) is 26.3 Å². The molecule has 4 rings (SSSR count). The van der Waals surface area contributed by atoms with Crippen LogP contribution in [0.5, 0.6) is 5.75 Å². The summed E-state index contributed by atoms with van der Waals surface area (Å²) in [4.78, 5) is 21.5. The molecule has 7 nitrogen and oxygen atoms in total. The maximum Gasteiger partial charge on any atom is 0.302 e. The molecular weight excluding hydrogens is 432 g/mol. The van der Waals surface area contributed by atoms with Crippen molar-refractivity contribution in [1.82, 2.24) is 19.7 Å². The molecule has 9 heteroatoms. The van der Waals surface area contributed by atoms with Gasteiger partial charge in [0.25, 0.3) is 0 Å². The van der Waals surface area contributed by atoms with Gasteiger partial charge in [0.05, 0.1) is 18.3 Å². The minimum absolute atomic E-state index is 0.137. The number of carbonyl (C=O) groups is 1. The van der Waals surface area contributed by atoms with E-state index in [4.69, 9.17) is 14.5 Å². The largest absolute Gasteiger partial charge is 0.492 e. The summed E-state index contributed by atoms with van der Waals surface area (Å²) in [5.74, 6) is 1.18. The molecule has 140 valence electrons. The number of hydrogen-bond donors (Lipinski definition) is 0. The number of fused-ring (bicyclic) bond motifs is 3. The molecule has 1 aliphatic rings. The van der Waals surface area contributed by atoms with Crippen LogP contribution in [-0.4, -0.2) is 38.9 Å². The number of rotatable bonds is 4. The van der Waals surface area contributed by atoms with Crippen LogP contribution in [0.2, 0.25) is 0 Å². The van der Waals surface area contributed by atoms with Crippen LogP contribution < -0.4 is 4.74 Å². The van der Waals surface area contributed by atoms with Crippen molar-refractivity contribution in [3.8, 4) is 27.8 Å². The Labute approximate surface area is 168 Å². The van der Waals surface area contributed by atoms with Gasteiger partial charge < -0.3 is 9.47 Å². The average Bonchev–Trinajstić information content (AvgIpc) is 3.24. The fourth-order valence-electron chi connectivity index (χ4n) is 2.93. The number of halogens is 1. The summed E-state index contributed by atoms with van der Waals surface area (Å²) in [7, 11) is 0. The first-order valence-corrected chi connectivity index (χ1v) is 10.1. The Bertz CT molecular complexity index is 1000. The molecule has 1 aromatic carbocycles. The summed E-state index contributed by atoms with van der Waals surface area (Å²) in [6.07, 6.45) is 2.29. The van der Waals surface area contributed by atoms with Crippen LogP contribution in [0.4, 0.5) is 0 Å². The van der Waals surface area contributed by atoms with E-state index in [1.54, 1.807) is 16.0 Å². The van der Waals surface area contributed by atoms with Gasteiger partial charge in [-0.2, -0.15) is 5.10 Å². The molecule has 2 aromatic heterocycles. The highest BCUT2D eigenvalue weighted by Crippen LogP contribution is 2.41. The van der Waals surface area contributed by atoms with Crippen molar-refractivity contribution >= 4 is 33.2 Å². The smallest absolute Gasteiger partial charge is 0.302 e. The maximum atomic E-state index is 11.1. The number of benzene rings is 1. The zero-order valence-corrected chi connectivity index (χ0v) is 17.2. The molecule has 3 heterocycles. The Balaban J connectivity index is 1.71. The van der Waals surface area contributed by atoms with Gasteiger partial charge in [0.15, 0.2) is 10.8 Å². The summed E-state index contributed by atoms with van der Waals surface area (Å²) in [5, 5.41) is 5.10. The van der Waals surface area contributed by atoms with E-state index in [0.717, 1.165) is 37.8 Å². The molecule has 0 N–H and O–H groups in total. The van der Waals surface area contributed by atoms with E-state index >= 15 is 0 Å². The molecule has 0 spiro atoms. The molecular formula is C18H17BrN4O3S. The first-order chi connectivity index (χ1) is 13.0. The third-order valence-electron chi connectivity index (χ3n) is 4.19. The van der Waals surface area contributed by atoms with Crippen molar-refractivity contribution in [1.29, 1.82) is 0 Å². The van der Waals surface area contributed by atoms with Gasteiger partial charge in [0, 0.05) is 28.3 Å². The standard InChI is InChI=1S/C18H17BrN4O3S/c1-10(8-26-11(2)24)23-17(20-9-21-23)18-22-16-13-4-3-12(19)7-14(13)25-6-5-15(16)27-18/h3-4,7,9-10H,5-6,8H2,1-2H3. The van der Waals surface area contributed by atoms with Crippen LogP contribution in [0.3, 0.4) is 0 Å². The first-order valence-electron chi connectivity index (χ1n) is 8.48. The lowest BCUT2D eigenvalue weighted by molar-refractivity contribution is -0.142. The highest BCUT2D eigenvalue weighted by atomic mass is 79.9. The molecule has 0 fully saturated rings. The molecule has 1 aliphatic heterocycles. The van der Waals surface area contributed by atoms with Gasteiger partial charge in [-0.15, -0.1) is 11.3 Å². The second kappa shape index (κ2) is 7.40. The van der Waals surface area contributed by atoms with E-state index in [1.807, 2.05) is 25.1 Å². The third-order valence-corrected chi connectivity index (χ3v) is 5.80. The molecule has 0 bridgehead atoms. The van der Waals surface area contributed by atoms with E-state index in [-0.39, 0.29) is 18.6 Å². The molecule has 1 unspecified atom stereocenters. The number of ether oxygens (including phenoxy) is 2. The Hall–Kier alpha value is -2.26. The van der Waals surface area contributed by atoms with Crippen molar-refractivity contribution in [2.24, 2.45) is 0 Å². The molecule has 1 atom stereocenters. The number of hydrogen-bond acceptors (Lipinski definition) is 7. The van der Waals surface area contributed by atoms with Gasteiger partial charge in [-0.05, 0) is 25.1 Å². The van der Waals surface area contributed by atoms with Gasteiger partial charge in [-0.1, -0.05) is 15.9 Å². The van der Waals surface area contributed by atoms with E-state index in [1.165, 1.54) is 13.3 Å². The van der Waals surface area contributed by atoms with E-state index in [0.29, 0.717) is 12.4 Å². The molecule has 0 amide bonds. The van der Waals surface area contributed by atoms with Crippen LogP contribution in [0, 0.1) is 0 Å². The minimum atomic E-state index is -0.313. The third kappa shape index (κ3) is 3.61. The van der Waals surface area contributed by atoms with Crippen LogP contribution in [0.1, 0.15) is 24.8 Å². The zero-order chi connectivity index (χ0) is 19.0. The van der Waals surface area contributed by atoms with E-state index in [2.05, 4.69) is 26.0 Å². The van der Waals surface area contributed by atoms with E-state index < -0.39 is 0 Å². The monoisotopic (exact) mass is 448 g/mol. The minimum Gasteiger partial charge on any atom is -0.492 e. The second-order valence-electron chi connectivity index (χ2n) is 6.21. The summed E-state index contributed by atoms with van der Waals surface area (Å²) >= 11 is 5.08. The van der Waals surface area contributed by atoms with E-state index in [9.17, 15) is 4.79 Å². The lowest BCUT2D eigenvalue weighted by Gasteiger charge is -2.13. The molecule has 0 aliphatic carbocycles. The fraction of sp³-hybridized carbons (Fsp3) is 0.333. The number of esters is 1. The maximum absolute atomic E-state index is 11.1. The molecule has 0 saturated carbocycles. The Morgan fingerprint density at radius 1 is 1.48 bits per heavy atom. The molecule has 27 heavy (non-hydrogen) atoms. The van der Waals surface area contributed by atoms with Crippen molar-refractivity contribution in [3.05, 3.63) is 33.9 Å². The number of nitrogens with zero attached hydrogens (tertiary/aromatic N) is 4. The Morgan fingerprint density at radius 3 is 3.15 bits per heavy atom. The van der Waals surface area contributed by atoms with Gasteiger partial charge in [0.2, 0.25) is 0 Å². The number of carbonyl (C=O) groups excluding carboxylic acids is 1. The summed E-state index contributed by atoms with van der Waals surface area (Å²) in [6, 6.07) is 5.83. The second-order valence-corrected chi connectivity index (χ2v) is 8.21. The quantitative estimate of drug-likeness (QED) is 0.563. The Kier molecular flexibility index (Phi) is 4.96. The zero-order valence-electron chi connectivity index (χ0n) is 14.8. The summed E-state index contributed by atoms with van der Waals surface area (Å²) < 4.78 is 13.7. The normalized spacial score (nSPS) is 13.9. The van der Waals surface area contributed by atoms with Gasteiger partial charge >= 0.3 is 5.97 Å². The number of thiazole rings is 1. The van der Waals surface area contributed by atoms with Gasteiger partial charge in [-0.3, -0.25) is 4.79 Å². The van der Waals surface area contributed by atoms with Crippen LogP contribution in [0.25, 0.3) is 22.1 Å². The lowest BCUT2D eigenvalue weighted by atomic mass is 10.1. The lowest BCUT2D eigenvalue weighted by Crippen LogP contribution is -2.16. The van der Waals surface area contributed by atoms with Crippen molar-refractivity contribution in [3.63, 3.8) is 0 Å². The van der Waals surface area contributed by atoms with Gasteiger partial charge in [-0.25, -0.2) is 14.6 Å². The first kappa shape index (κ1) is 18.1. The highest BCUT2D eigenvalue weighted by Gasteiger charge is 2.24. The predicted octanol–water partition coefficient (Wildman–Crippen LogP) is 3.89. The topological polar surface area (TPSA) is 79.1 Å².